The molecule has 30 heavy (non-hydrogen) atoms. The number of likely N-dealkylation sites (N-methyl/N-ethyl adjacent to an activating group) is 1. The van der Waals surface area contributed by atoms with Gasteiger partial charge in [0.05, 0.1) is 0 Å². The largest absolute Gasteiger partial charge is 0.356 e. The lowest BCUT2D eigenvalue weighted by Gasteiger charge is -2.34. The monoisotopic (exact) mass is 529 g/mol. The Hall–Kier alpha value is -0.860. The second-order valence-electron chi connectivity index (χ2n) is 8.41. The van der Waals surface area contributed by atoms with Crippen molar-refractivity contribution in [3.05, 3.63) is 35.4 Å². The maximum absolute atomic E-state index is 4.35. The zero-order chi connectivity index (χ0) is 20.9. The Morgan fingerprint density at radius 2 is 1.53 bits per heavy atom. The molecule has 1 aromatic carbocycles. The molecule has 2 N–H and O–H groups in total. The van der Waals surface area contributed by atoms with E-state index in [0.717, 1.165) is 31.9 Å². The molecular formula is C24H44IN5. The third kappa shape index (κ3) is 10.4. The lowest BCUT2D eigenvalue weighted by molar-refractivity contribution is 0.136. The number of unbranched alkanes of at least 4 members (excludes halogenated alkanes) is 1. The number of halogens is 1. The van der Waals surface area contributed by atoms with Gasteiger partial charge in [0.15, 0.2) is 5.96 Å². The van der Waals surface area contributed by atoms with Gasteiger partial charge in [0.1, 0.15) is 0 Å². The van der Waals surface area contributed by atoms with E-state index in [9.17, 15) is 0 Å². The number of hydrogen-bond donors (Lipinski definition) is 2. The molecule has 6 heteroatoms. The zero-order valence-electron chi connectivity index (χ0n) is 19.6. The Morgan fingerprint density at radius 3 is 2.10 bits per heavy atom. The number of rotatable bonds is 11. The second kappa shape index (κ2) is 15.9. The van der Waals surface area contributed by atoms with Crippen molar-refractivity contribution in [2.45, 2.75) is 52.4 Å². The summed E-state index contributed by atoms with van der Waals surface area (Å²) in [6.45, 7) is 16.0. The smallest absolute Gasteiger partial charge is 0.190 e. The van der Waals surface area contributed by atoms with Crippen LogP contribution in [-0.4, -0.2) is 75.2 Å². The van der Waals surface area contributed by atoms with Crippen molar-refractivity contribution in [3.63, 3.8) is 0 Å². The Morgan fingerprint density at radius 1 is 0.933 bits per heavy atom. The zero-order valence-corrected chi connectivity index (χ0v) is 22.0. The van der Waals surface area contributed by atoms with E-state index >= 15 is 0 Å². The van der Waals surface area contributed by atoms with Gasteiger partial charge in [-0.15, -0.1) is 24.0 Å². The molecule has 1 heterocycles. The molecule has 0 spiro atoms. The standard InChI is InChI=1S/C24H43N5.HI/c1-5-28-17-19-29(20-18-28)16-7-6-14-26-24(25-4)27-15-8-9-22-10-12-23(13-11-22)21(2)3;/h10-13,21H,5-9,14-20H2,1-4H3,(H2,25,26,27);1H. The fraction of sp³-hybridized carbons (Fsp3) is 0.708. The van der Waals surface area contributed by atoms with Gasteiger partial charge in [-0.25, -0.2) is 0 Å². The average molecular weight is 530 g/mol. The maximum atomic E-state index is 4.35. The van der Waals surface area contributed by atoms with Gasteiger partial charge >= 0.3 is 0 Å². The maximum Gasteiger partial charge on any atom is 0.190 e. The van der Waals surface area contributed by atoms with Crippen LogP contribution in [0.15, 0.2) is 29.3 Å². The molecule has 1 aliphatic heterocycles. The van der Waals surface area contributed by atoms with E-state index < -0.39 is 0 Å². The highest BCUT2D eigenvalue weighted by molar-refractivity contribution is 14.0. The highest BCUT2D eigenvalue weighted by Gasteiger charge is 2.14. The summed E-state index contributed by atoms with van der Waals surface area (Å²) in [5, 5.41) is 6.90. The minimum atomic E-state index is 0. The fourth-order valence-corrected chi connectivity index (χ4v) is 3.79. The van der Waals surface area contributed by atoms with E-state index in [1.165, 1.54) is 63.2 Å². The summed E-state index contributed by atoms with van der Waals surface area (Å²) < 4.78 is 0. The Kier molecular flexibility index (Phi) is 14.4. The molecule has 0 aromatic heterocycles. The van der Waals surface area contributed by atoms with Gasteiger partial charge in [-0.2, -0.15) is 0 Å². The minimum absolute atomic E-state index is 0. The predicted octanol–water partition coefficient (Wildman–Crippen LogP) is 3.94. The first-order valence-electron chi connectivity index (χ1n) is 11.6. The topological polar surface area (TPSA) is 42.9 Å². The molecule has 0 unspecified atom stereocenters. The van der Waals surface area contributed by atoms with Gasteiger partial charge in [0.2, 0.25) is 0 Å². The highest BCUT2D eigenvalue weighted by Crippen LogP contribution is 2.15. The van der Waals surface area contributed by atoms with Crippen molar-refractivity contribution in [2.24, 2.45) is 4.99 Å². The van der Waals surface area contributed by atoms with Crippen LogP contribution in [0, 0.1) is 0 Å². The van der Waals surface area contributed by atoms with E-state index in [2.05, 4.69) is 70.5 Å². The number of piperazine rings is 1. The fourth-order valence-electron chi connectivity index (χ4n) is 3.79. The Balaban J connectivity index is 0.00000450. The van der Waals surface area contributed by atoms with E-state index in [1.54, 1.807) is 0 Å². The molecule has 0 amide bonds. The van der Waals surface area contributed by atoms with Crippen molar-refractivity contribution in [1.29, 1.82) is 0 Å². The summed E-state index contributed by atoms with van der Waals surface area (Å²) in [5.41, 5.74) is 2.83. The quantitative estimate of drug-likeness (QED) is 0.197. The predicted molar refractivity (Wildman–Crippen MR) is 141 cm³/mol. The molecular weight excluding hydrogens is 485 g/mol. The SMILES string of the molecule is CCN1CCN(CCCCNC(=NC)NCCCc2ccc(C(C)C)cc2)CC1.I. The van der Waals surface area contributed by atoms with Crippen LogP contribution in [0.5, 0.6) is 0 Å². The van der Waals surface area contributed by atoms with Gasteiger partial charge in [-0.1, -0.05) is 45.0 Å². The molecule has 1 fully saturated rings. The third-order valence-electron chi connectivity index (χ3n) is 5.91. The van der Waals surface area contributed by atoms with Crippen LogP contribution in [0.3, 0.4) is 0 Å². The van der Waals surface area contributed by atoms with E-state index in [-0.39, 0.29) is 24.0 Å². The first-order valence-corrected chi connectivity index (χ1v) is 11.6. The summed E-state index contributed by atoms with van der Waals surface area (Å²) in [7, 11) is 1.85. The van der Waals surface area contributed by atoms with Gasteiger partial charge in [-0.3, -0.25) is 4.99 Å². The van der Waals surface area contributed by atoms with Crippen LogP contribution < -0.4 is 10.6 Å². The molecule has 1 saturated heterocycles. The van der Waals surface area contributed by atoms with Crippen LogP contribution >= 0.6 is 24.0 Å². The van der Waals surface area contributed by atoms with Crippen molar-refractivity contribution in [2.75, 3.05) is 59.4 Å². The minimum Gasteiger partial charge on any atom is -0.356 e. The van der Waals surface area contributed by atoms with E-state index in [4.69, 9.17) is 0 Å². The first kappa shape index (κ1) is 27.2. The second-order valence-corrected chi connectivity index (χ2v) is 8.41. The molecule has 0 aliphatic carbocycles. The molecule has 5 nitrogen and oxygen atoms in total. The molecule has 0 saturated carbocycles. The van der Waals surface area contributed by atoms with Crippen molar-refractivity contribution >= 4 is 29.9 Å². The van der Waals surface area contributed by atoms with Crippen molar-refractivity contribution in [3.8, 4) is 0 Å². The van der Waals surface area contributed by atoms with Crippen LogP contribution in [0.25, 0.3) is 0 Å². The van der Waals surface area contributed by atoms with Crippen LogP contribution in [0.2, 0.25) is 0 Å². The first-order chi connectivity index (χ1) is 14.1. The lowest BCUT2D eigenvalue weighted by Crippen LogP contribution is -2.46. The summed E-state index contributed by atoms with van der Waals surface area (Å²) in [6.07, 6.45) is 4.67. The van der Waals surface area contributed by atoms with Crippen LogP contribution in [0.1, 0.15) is 57.1 Å². The van der Waals surface area contributed by atoms with Gasteiger partial charge in [0, 0.05) is 46.3 Å². The number of nitrogens with one attached hydrogen (secondary N) is 2. The van der Waals surface area contributed by atoms with Crippen molar-refractivity contribution in [1.82, 2.24) is 20.4 Å². The van der Waals surface area contributed by atoms with Gasteiger partial charge < -0.3 is 20.4 Å². The lowest BCUT2D eigenvalue weighted by atomic mass is 10.0. The Bertz CT molecular complexity index is 580. The molecule has 1 aromatic rings. The number of nitrogens with zero attached hydrogens (tertiary/aromatic N) is 3. The number of benzene rings is 1. The van der Waals surface area contributed by atoms with Crippen molar-refractivity contribution < 1.29 is 0 Å². The summed E-state index contributed by atoms with van der Waals surface area (Å²) in [6, 6.07) is 9.06. The average Bonchev–Trinajstić information content (AvgIpc) is 2.75. The molecule has 0 atom stereocenters. The third-order valence-corrected chi connectivity index (χ3v) is 5.91. The van der Waals surface area contributed by atoms with Crippen LogP contribution in [-0.2, 0) is 6.42 Å². The summed E-state index contributed by atoms with van der Waals surface area (Å²) in [5.74, 6) is 1.53. The molecule has 1 aliphatic rings. The number of aryl methyl sites for hydroxylation is 1. The van der Waals surface area contributed by atoms with Gasteiger partial charge in [-0.05, 0) is 55.8 Å². The number of aliphatic imine (C=N–C) groups is 1. The molecule has 0 radical (unpaired) electrons. The normalized spacial score (nSPS) is 15.8. The molecule has 172 valence electrons. The van der Waals surface area contributed by atoms with E-state index in [0.29, 0.717) is 5.92 Å². The number of guanidine groups is 1. The highest BCUT2D eigenvalue weighted by atomic mass is 127. The van der Waals surface area contributed by atoms with Crippen LogP contribution in [0.4, 0.5) is 0 Å². The van der Waals surface area contributed by atoms with E-state index in [1.807, 2.05) is 7.05 Å². The molecule has 2 rings (SSSR count). The number of hydrogen-bond acceptors (Lipinski definition) is 3. The molecule has 0 bridgehead atoms. The summed E-state index contributed by atoms with van der Waals surface area (Å²) >= 11 is 0. The summed E-state index contributed by atoms with van der Waals surface area (Å²) in [4.78, 5) is 9.49. The van der Waals surface area contributed by atoms with Gasteiger partial charge in [0.25, 0.3) is 0 Å². The Labute approximate surface area is 202 Å².